The summed E-state index contributed by atoms with van der Waals surface area (Å²) in [6.07, 6.45) is 4.84. The fraction of sp³-hybridized carbons (Fsp3) is 0.438. The summed E-state index contributed by atoms with van der Waals surface area (Å²) >= 11 is 4.97. The molecule has 3 nitrogen and oxygen atoms in total. The van der Waals surface area contributed by atoms with E-state index in [9.17, 15) is 4.79 Å². The summed E-state index contributed by atoms with van der Waals surface area (Å²) in [7, 11) is 0. The number of hydrogen-bond acceptors (Lipinski definition) is 3. The smallest absolute Gasteiger partial charge is 0.263 e. The minimum absolute atomic E-state index is 0.0414. The van der Waals surface area contributed by atoms with Crippen LogP contribution in [-0.4, -0.2) is 12.5 Å². The predicted octanol–water partition coefficient (Wildman–Crippen LogP) is 4.56. The Morgan fingerprint density at radius 1 is 1.48 bits per heavy atom. The number of nitrogen functional groups attached to an aromatic ring is 1. The van der Waals surface area contributed by atoms with E-state index < -0.39 is 0 Å². The Kier molecular flexibility index (Phi) is 3.97. The van der Waals surface area contributed by atoms with Crippen LogP contribution in [-0.2, 0) is 0 Å². The molecule has 21 heavy (non-hydrogen) atoms. The summed E-state index contributed by atoms with van der Waals surface area (Å²) in [6, 6.07) is 5.91. The number of fused-ring (bicyclic) bond motifs is 1. The number of hydrogen-bond donors (Lipinski definition) is 2. The van der Waals surface area contributed by atoms with Crippen LogP contribution in [0.3, 0.4) is 0 Å². The van der Waals surface area contributed by atoms with Gasteiger partial charge < -0.3 is 11.1 Å². The molecule has 0 saturated heterocycles. The van der Waals surface area contributed by atoms with E-state index in [1.54, 1.807) is 0 Å². The van der Waals surface area contributed by atoms with Crippen LogP contribution in [0.15, 0.2) is 22.7 Å². The lowest BCUT2D eigenvalue weighted by Crippen LogP contribution is -2.41. The Morgan fingerprint density at radius 2 is 2.24 bits per heavy atom. The van der Waals surface area contributed by atoms with Crippen LogP contribution in [0.2, 0.25) is 0 Å². The molecule has 1 aromatic carbocycles. The van der Waals surface area contributed by atoms with Crippen molar-refractivity contribution in [3.05, 3.63) is 27.5 Å². The number of anilines is 1. The second-order valence-electron chi connectivity index (χ2n) is 5.85. The van der Waals surface area contributed by atoms with Crippen LogP contribution in [0.1, 0.15) is 42.3 Å². The van der Waals surface area contributed by atoms with Gasteiger partial charge in [0.1, 0.15) is 4.88 Å². The quantitative estimate of drug-likeness (QED) is 0.833. The van der Waals surface area contributed by atoms with Gasteiger partial charge in [-0.1, -0.05) is 35.3 Å². The van der Waals surface area contributed by atoms with Crippen LogP contribution >= 0.6 is 27.3 Å². The largest absolute Gasteiger partial charge is 0.397 e. The van der Waals surface area contributed by atoms with E-state index in [1.165, 1.54) is 30.6 Å². The second-order valence-corrected chi connectivity index (χ2v) is 7.75. The van der Waals surface area contributed by atoms with E-state index in [4.69, 9.17) is 5.73 Å². The maximum Gasteiger partial charge on any atom is 0.263 e. The Bertz CT molecular complexity index is 685. The third kappa shape index (κ3) is 2.57. The molecule has 112 valence electrons. The van der Waals surface area contributed by atoms with E-state index >= 15 is 0 Å². The Balaban J connectivity index is 1.82. The first-order valence-electron chi connectivity index (χ1n) is 7.31. The normalized spacial score (nSPS) is 16.7. The Hall–Kier alpha value is -1.07. The lowest BCUT2D eigenvalue weighted by Gasteiger charge is -2.41. The lowest BCUT2D eigenvalue weighted by molar-refractivity contribution is 0.0854. The minimum atomic E-state index is -0.0414. The summed E-state index contributed by atoms with van der Waals surface area (Å²) in [5.74, 6) is -0.0414. The van der Waals surface area contributed by atoms with Crippen LogP contribution in [0, 0.1) is 5.41 Å². The van der Waals surface area contributed by atoms with Gasteiger partial charge in [-0.3, -0.25) is 4.79 Å². The standard InChI is InChI=1S/C16H19BrN2OS/c1-2-16(7-4-8-16)9-19-15(20)14-13(18)12-10(17)5-3-6-11(12)21-14/h3,5-6H,2,4,7-9,18H2,1H3,(H,19,20). The fourth-order valence-electron chi connectivity index (χ4n) is 2.98. The number of carbonyl (C=O) groups excluding carboxylic acids is 1. The zero-order valence-electron chi connectivity index (χ0n) is 12.0. The fourth-order valence-corrected chi connectivity index (χ4v) is 4.75. The number of carbonyl (C=O) groups is 1. The monoisotopic (exact) mass is 366 g/mol. The maximum absolute atomic E-state index is 12.5. The van der Waals surface area contributed by atoms with E-state index in [1.807, 2.05) is 18.2 Å². The predicted molar refractivity (Wildman–Crippen MR) is 92.8 cm³/mol. The topological polar surface area (TPSA) is 55.1 Å². The highest BCUT2D eigenvalue weighted by atomic mass is 79.9. The van der Waals surface area contributed by atoms with E-state index in [2.05, 4.69) is 28.2 Å². The lowest BCUT2D eigenvalue weighted by atomic mass is 9.67. The molecule has 1 saturated carbocycles. The van der Waals surface area contributed by atoms with Gasteiger partial charge in [0.25, 0.3) is 5.91 Å². The van der Waals surface area contributed by atoms with Gasteiger partial charge in [-0.05, 0) is 36.8 Å². The number of halogens is 1. The van der Waals surface area contributed by atoms with Gasteiger partial charge in [0.15, 0.2) is 0 Å². The van der Waals surface area contributed by atoms with Gasteiger partial charge in [0.2, 0.25) is 0 Å². The summed E-state index contributed by atoms with van der Waals surface area (Å²) in [6.45, 7) is 2.97. The molecule has 1 aromatic heterocycles. The van der Waals surface area contributed by atoms with Gasteiger partial charge in [0, 0.05) is 21.1 Å². The number of thiophene rings is 1. The van der Waals surface area contributed by atoms with Crippen LogP contribution < -0.4 is 11.1 Å². The molecule has 5 heteroatoms. The zero-order valence-corrected chi connectivity index (χ0v) is 14.4. The molecule has 2 aromatic rings. The summed E-state index contributed by atoms with van der Waals surface area (Å²) < 4.78 is 1.98. The highest BCUT2D eigenvalue weighted by molar-refractivity contribution is 9.10. The number of nitrogens with one attached hydrogen (secondary N) is 1. The average molecular weight is 367 g/mol. The van der Waals surface area contributed by atoms with Gasteiger partial charge in [-0.25, -0.2) is 0 Å². The Labute approximate surface area is 137 Å². The molecule has 1 fully saturated rings. The molecular formula is C16H19BrN2OS. The van der Waals surface area contributed by atoms with Crippen molar-refractivity contribution in [2.45, 2.75) is 32.6 Å². The summed E-state index contributed by atoms with van der Waals surface area (Å²) in [4.78, 5) is 13.1. The molecule has 3 N–H and O–H groups in total. The van der Waals surface area contributed by atoms with Crippen molar-refractivity contribution >= 4 is 48.9 Å². The zero-order chi connectivity index (χ0) is 15.0. The first-order valence-corrected chi connectivity index (χ1v) is 8.92. The number of amides is 1. The molecule has 0 bridgehead atoms. The van der Waals surface area contributed by atoms with E-state index in [0.717, 1.165) is 27.5 Å². The maximum atomic E-state index is 12.5. The van der Waals surface area contributed by atoms with Gasteiger partial charge in [-0.15, -0.1) is 11.3 Å². The first kappa shape index (κ1) is 14.9. The Morgan fingerprint density at radius 3 is 2.81 bits per heavy atom. The second kappa shape index (κ2) is 5.61. The van der Waals surface area contributed by atoms with Crippen molar-refractivity contribution in [2.75, 3.05) is 12.3 Å². The number of rotatable bonds is 4. The van der Waals surface area contributed by atoms with Crippen molar-refractivity contribution in [1.82, 2.24) is 5.32 Å². The highest BCUT2D eigenvalue weighted by Crippen LogP contribution is 2.43. The molecule has 0 atom stereocenters. The third-order valence-corrected chi connectivity index (χ3v) is 6.53. The molecule has 0 aliphatic heterocycles. The molecule has 0 unspecified atom stereocenters. The van der Waals surface area contributed by atoms with Crippen molar-refractivity contribution in [1.29, 1.82) is 0 Å². The van der Waals surface area contributed by atoms with Crippen LogP contribution in [0.4, 0.5) is 5.69 Å². The van der Waals surface area contributed by atoms with Crippen LogP contribution in [0.25, 0.3) is 10.1 Å². The minimum Gasteiger partial charge on any atom is -0.397 e. The van der Waals surface area contributed by atoms with E-state index in [-0.39, 0.29) is 5.91 Å². The molecule has 1 aliphatic carbocycles. The molecular weight excluding hydrogens is 348 g/mol. The van der Waals surface area contributed by atoms with Gasteiger partial charge in [0.05, 0.1) is 5.69 Å². The van der Waals surface area contributed by atoms with Crippen molar-refractivity contribution in [2.24, 2.45) is 5.41 Å². The molecule has 1 amide bonds. The molecule has 0 spiro atoms. The summed E-state index contributed by atoms with van der Waals surface area (Å²) in [5.41, 5.74) is 7.08. The third-order valence-electron chi connectivity index (χ3n) is 4.70. The van der Waals surface area contributed by atoms with Gasteiger partial charge >= 0.3 is 0 Å². The highest BCUT2D eigenvalue weighted by Gasteiger charge is 2.35. The van der Waals surface area contributed by atoms with Crippen molar-refractivity contribution in [3.8, 4) is 0 Å². The van der Waals surface area contributed by atoms with Crippen LogP contribution in [0.5, 0.6) is 0 Å². The summed E-state index contributed by atoms with van der Waals surface area (Å²) in [5, 5.41) is 4.04. The molecule has 1 heterocycles. The average Bonchev–Trinajstić information content (AvgIpc) is 2.76. The molecule has 0 radical (unpaired) electrons. The number of nitrogens with two attached hydrogens (primary N) is 1. The molecule has 3 rings (SSSR count). The van der Waals surface area contributed by atoms with Gasteiger partial charge in [-0.2, -0.15) is 0 Å². The van der Waals surface area contributed by atoms with E-state index in [0.29, 0.717) is 16.0 Å². The molecule has 1 aliphatic rings. The van der Waals surface area contributed by atoms with Crippen molar-refractivity contribution < 1.29 is 4.79 Å². The first-order chi connectivity index (χ1) is 10.1. The van der Waals surface area contributed by atoms with Crippen molar-refractivity contribution in [3.63, 3.8) is 0 Å². The SMILES string of the molecule is CCC1(CNC(=O)c2sc3cccc(Br)c3c2N)CCC1. The number of benzene rings is 1.